The number of carbonyl (C=O) groups is 2. The van der Waals surface area contributed by atoms with Crippen molar-refractivity contribution in [1.82, 2.24) is 5.32 Å². The molecule has 0 saturated heterocycles. The summed E-state index contributed by atoms with van der Waals surface area (Å²) in [7, 11) is 0. The molecular weight excluding hydrogens is 366 g/mol. The second-order valence-electron chi connectivity index (χ2n) is 7.25. The molecule has 2 aromatic rings. The molecule has 154 valence electrons. The van der Waals surface area contributed by atoms with E-state index >= 15 is 0 Å². The van der Waals surface area contributed by atoms with Gasteiger partial charge < -0.3 is 20.7 Å². The van der Waals surface area contributed by atoms with Gasteiger partial charge in [-0.2, -0.15) is 0 Å². The minimum atomic E-state index is -0.155. The van der Waals surface area contributed by atoms with E-state index < -0.39 is 0 Å². The Morgan fingerprint density at radius 1 is 1.00 bits per heavy atom. The van der Waals surface area contributed by atoms with Gasteiger partial charge in [-0.05, 0) is 56.2 Å². The number of hydrogen-bond acceptors (Lipinski definition) is 4. The first-order valence-corrected chi connectivity index (χ1v) is 10.3. The van der Waals surface area contributed by atoms with Crippen molar-refractivity contribution >= 4 is 23.2 Å². The Bertz CT molecular complexity index is 814. The van der Waals surface area contributed by atoms with Crippen LogP contribution in [0.15, 0.2) is 48.5 Å². The third kappa shape index (κ3) is 6.52. The number of amides is 2. The van der Waals surface area contributed by atoms with Crippen molar-refractivity contribution in [2.45, 2.75) is 45.1 Å². The summed E-state index contributed by atoms with van der Waals surface area (Å²) in [6.07, 6.45) is 5.76. The molecule has 0 heterocycles. The average molecular weight is 396 g/mol. The highest BCUT2D eigenvalue weighted by Gasteiger charge is 2.16. The van der Waals surface area contributed by atoms with Crippen LogP contribution in [0.1, 0.15) is 49.4 Å². The molecule has 1 saturated carbocycles. The Labute approximate surface area is 172 Å². The molecule has 6 nitrogen and oxygen atoms in total. The summed E-state index contributed by atoms with van der Waals surface area (Å²) >= 11 is 0. The van der Waals surface area contributed by atoms with Crippen LogP contribution in [0, 0.1) is 0 Å². The number of hydrogen-bond donors (Lipinski definition) is 3. The van der Waals surface area contributed by atoms with Crippen molar-refractivity contribution < 1.29 is 14.3 Å². The second kappa shape index (κ2) is 10.5. The summed E-state index contributed by atoms with van der Waals surface area (Å²) in [5.41, 5.74) is 2.12. The SMILES string of the molecule is CCOc1cccc(NC(=O)CNc2ccc(C(=O)NC3CCCCC3)cc2)c1. The van der Waals surface area contributed by atoms with Crippen LogP contribution >= 0.6 is 0 Å². The average Bonchev–Trinajstić information content (AvgIpc) is 2.74. The normalized spacial score (nSPS) is 14.1. The minimum absolute atomic E-state index is 0.0321. The molecule has 1 aliphatic rings. The van der Waals surface area contributed by atoms with Gasteiger partial charge in [0.25, 0.3) is 5.91 Å². The lowest BCUT2D eigenvalue weighted by Crippen LogP contribution is -2.36. The van der Waals surface area contributed by atoms with Crippen molar-refractivity contribution in [2.24, 2.45) is 0 Å². The third-order valence-corrected chi connectivity index (χ3v) is 4.97. The number of nitrogens with one attached hydrogen (secondary N) is 3. The number of ether oxygens (including phenoxy) is 1. The molecule has 0 aliphatic heterocycles. The van der Waals surface area contributed by atoms with Crippen molar-refractivity contribution in [1.29, 1.82) is 0 Å². The van der Waals surface area contributed by atoms with Crippen LogP contribution in [-0.4, -0.2) is 31.0 Å². The molecule has 0 atom stereocenters. The van der Waals surface area contributed by atoms with Gasteiger partial charge in [-0.25, -0.2) is 0 Å². The summed E-state index contributed by atoms with van der Waals surface area (Å²) in [6, 6.07) is 14.8. The van der Waals surface area contributed by atoms with E-state index in [0.717, 1.165) is 24.3 Å². The molecular formula is C23H29N3O3. The molecule has 0 spiro atoms. The van der Waals surface area contributed by atoms with Gasteiger partial charge in [0, 0.05) is 29.0 Å². The quantitative estimate of drug-likeness (QED) is 0.626. The van der Waals surface area contributed by atoms with Crippen molar-refractivity contribution in [2.75, 3.05) is 23.8 Å². The fraction of sp³-hybridized carbons (Fsp3) is 0.391. The molecule has 2 aromatic carbocycles. The second-order valence-corrected chi connectivity index (χ2v) is 7.25. The first kappa shape index (κ1) is 20.7. The lowest BCUT2D eigenvalue weighted by atomic mass is 9.95. The van der Waals surface area contributed by atoms with Gasteiger partial charge in [-0.3, -0.25) is 9.59 Å². The van der Waals surface area contributed by atoms with E-state index in [1.807, 2.05) is 37.3 Å². The van der Waals surface area contributed by atoms with Crippen LogP contribution < -0.4 is 20.7 Å². The molecule has 3 N–H and O–H groups in total. The number of rotatable bonds is 8. The summed E-state index contributed by atoms with van der Waals surface area (Å²) in [5.74, 6) is 0.536. The van der Waals surface area contributed by atoms with Crippen LogP contribution in [0.2, 0.25) is 0 Å². The van der Waals surface area contributed by atoms with E-state index in [-0.39, 0.29) is 18.4 Å². The Morgan fingerprint density at radius 2 is 1.76 bits per heavy atom. The van der Waals surface area contributed by atoms with E-state index in [1.54, 1.807) is 18.2 Å². The zero-order valence-electron chi connectivity index (χ0n) is 16.9. The summed E-state index contributed by atoms with van der Waals surface area (Å²) in [5, 5.41) is 9.03. The predicted octanol–water partition coefficient (Wildman–Crippen LogP) is 4.20. The number of carbonyl (C=O) groups excluding carboxylic acids is 2. The van der Waals surface area contributed by atoms with E-state index in [9.17, 15) is 9.59 Å². The Morgan fingerprint density at radius 3 is 2.48 bits per heavy atom. The molecule has 1 fully saturated rings. The van der Waals surface area contributed by atoms with Crippen molar-refractivity contribution in [3.63, 3.8) is 0 Å². The smallest absolute Gasteiger partial charge is 0.251 e. The zero-order chi connectivity index (χ0) is 20.5. The first-order chi connectivity index (χ1) is 14.1. The third-order valence-electron chi connectivity index (χ3n) is 4.97. The monoisotopic (exact) mass is 395 g/mol. The van der Waals surface area contributed by atoms with Gasteiger partial charge in [-0.1, -0.05) is 25.3 Å². The Hall–Kier alpha value is -3.02. The maximum Gasteiger partial charge on any atom is 0.251 e. The van der Waals surface area contributed by atoms with Crippen LogP contribution in [0.5, 0.6) is 5.75 Å². The molecule has 2 amide bonds. The topological polar surface area (TPSA) is 79.5 Å². The first-order valence-electron chi connectivity index (χ1n) is 10.3. The largest absolute Gasteiger partial charge is 0.494 e. The van der Waals surface area contributed by atoms with Crippen molar-refractivity contribution in [3.8, 4) is 5.75 Å². The van der Waals surface area contributed by atoms with Crippen molar-refractivity contribution in [3.05, 3.63) is 54.1 Å². The summed E-state index contributed by atoms with van der Waals surface area (Å²) in [4.78, 5) is 24.5. The summed E-state index contributed by atoms with van der Waals surface area (Å²) in [6.45, 7) is 2.63. The van der Waals surface area contributed by atoms with Crippen LogP contribution in [0.3, 0.4) is 0 Å². The molecule has 29 heavy (non-hydrogen) atoms. The molecule has 3 rings (SSSR count). The molecule has 0 radical (unpaired) electrons. The van der Waals surface area contributed by atoms with Gasteiger partial charge in [0.2, 0.25) is 5.91 Å². The summed E-state index contributed by atoms with van der Waals surface area (Å²) < 4.78 is 5.44. The van der Waals surface area contributed by atoms with Gasteiger partial charge >= 0.3 is 0 Å². The highest BCUT2D eigenvalue weighted by Crippen LogP contribution is 2.19. The van der Waals surface area contributed by atoms with Gasteiger partial charge in [0.1, 0.15) is 5.75 Å². The highest BCUT2D eigenvalue weighted by molar-refractivity contribution is 5.95. The number of anilines is 2. The fourth-order valence-electron chi connectivity index (χ4n) is 3.47. The van der Waals surface area contributed by atoms with E-state index in [1.165, 1.54) is 19.3 Å². The van der Waals surface area contributed by atoms with Crippen LogP contribution in [0.4, 0.5) is 11.4 Å². The highest BCUT2D eigenvalue weighted by atomic mass is 16.5. The fourth-order valence-corrected chi connectivity index (χ4v) is 3.47. The molecule has 1 aliphatic carbocycles. The maximum absolute atomic E-state index is 12.4. The Kier molecular flexibility index (Phi) is 7.50. The lowest BCUT2D eigenvalue weighted by Gasteiger charge is -2.22. The maximum atomic E-state index is 12.4. The minimum Gasteiger partial charge on any atom is -0.494 e. The van der Waals surface area contributed by atoms with E-state index in [2.05, 4.69) is 16.0 Å². The van der Waals surface area contributed by atoms with Gasteiger partial charge in [0.15, 0.2) is 0 Å². The van der Waals surface area contributed by atoms with E-state index in [0.29, 0.717) is 23.9 Å². The lowest BCUT2D eigenvalue weighted by molar-refractivity contribution is -0.114. The predicted molar refractivity (Wildman–Crippen MR) is 116 cm³/mol. The van der Waals surface area contributed by atoms with Gasteiger partial charge in [0.05, 0.1) is 13.2 Å². The Balaban J connectivity index is 1.46. The van der Waals surface area contributed by atoms with Crippen LogP contribution in [-0.2, 0) is 4.79 Å². The van der Waals surface area contributed by atoms with Gasteiger partial charge in [-0.15, -0.1) is 0 Å². The zero-order valence-corrected chi connectivity index (χ0v) is 16.9. The molecule has 0 unspecified atom stereocenters. The molecule has 0 bridgehead atoms. The molecule has 6 heteroatoms. The van der Waals surface area contributed by atoms with E-state index in [4.69, 9.17) is 4.74 Å². The standard InChI is InChI=1S/C23H29N3O3/c1-2-29-21-10-6-9-20(15-21)25-22(27)16-24-18-13-11-17(12-14-18)23(28)26-19-7-4-3-5-8-19/h6,9-15,19,24H,2-5,7-8,16H2,1H3,(H,25,27)(H,26,28). The van der Waals surface area contributed by atoms with Crippen LogP contribution in [0.25, 0.3) is 0 Å². The number of benzene rings is 2. The molecule has 0 aromatic heterocycles.